The number of nitrogens with two attached hydrogens (primary N) is 1. The molecule has 26 heavy (non-hydrogen) atoms. The van der Waals surface area contributed by atoms with Gasteiger partial charge in [-0.05, 0) is 48.9 Å². The van der Waals surface area contributed by atoms with Crippen LogP contribution in [0, 0.1) is 0 Å². The number of carbonyl (C=O) groups is 1. The number of hydrogen-bond acceptors (Lipinski definition) is 2. The van der Waals surface area contributed by atoms with E-state index in [1.165, 1.54) is 16.3 Å². The number of quaternary nitrogens is 1. The zero-order chi connectivity index (χ0) is 18.4. The molecule has 0 aliphatic heterocycles. The average molecular weight is 349 g/mol. The molecule has 134 valence electrons. The van der Waals surface area contributed by atoms with Crippen LogP contribution < -0.4 is 15.4 Å². The summed E-state index contributed by atoms with van der Waals surface area (Å²) in [5.74, 6) is 0.794. The van der Waals surface area contributed by atoms with Crippen molar-refractivity contribution in [2.75, 3.05) is 18.5 Å². The summed E-state index contributed by atoms with van der Waals surface area (Å²) in [7, 11) is 0. The van der Waals surface area contributed by atoms with Crippen LogP contribution in [0.5, 0.6) is 5.75 Å². The van der Waals surface area contributed by atoms with Gasteiger partial charge in [0.1, 0.15) is 11.8 Å². The van der Waals surface area contributed by atoms with E-state index in [1.807, 2.05) is 37.3 Å². The summed E-state index contributed by atoms with van der Waals surface area (Å²) in [6.07, 6.45) is 0. The van der Waals surface area contributed by atoms with Crippen molar-refractivity contribution in [1.29, 1.82) is 0 Å². The number of hydrogen-bond donors (Lipinski definition) is 2. The van der Waals surface area contributed by atoms with E-state index in [4.69, 9.17) is 4.74 Å². The van der Waals surface area contributed by atoms with E-state index in [2.05, 4.69) is 54.0 Å². The lowest BCUT2D eigenvalue weighted by molar-refractivity contribution is -0.682. The summed E-state index contributed by atoms with van der Waals surface area (Å²) in [5, 5.41) is 7.46. The Kier molecular flexibility index (Phi) is 5.87. The molecule has 0 unspecified atom stereocenters. The van der Waals surface area contributed by atoms with Gasteiger partial charge >= 0.3 is 0 Å². The van der Waals surface area contributed by atoms with Crippen molar-refractivity contribution < 1.29 is 14.8 Å². The molecule has 1 atom stereocenters. The first-order chi connectivity index (χ1) is 12.7. The van der Waals surface area contributed by atoms with Crippen LogP contribution in [0.25, 0.3) is 10.8 Å². The highest BCUT2D eigenvalue weighted by Gasteiger charge is 2.14. The van der Waals surface area contributed by atoms with Crippen molar-refractivity contribution in [2.45, 2.75) is 19.9 Å². The number of fused-ring (bicyclic) bond motifs is 1. The highest BCUT2D eigenvalue weighted by molar-refractivity contribution is 5.91. The Morgan fingerprint density at radius 1 is 1.04 bits per heavy atom. The minimum Gasteiger partial charge on any atom is -0.494 e. The first-order valence-electron chi connectivity index (χ1n) is 9.01. The molecule has 3 N–H and O–H groups in total. The molecule has 3 aromatic rings. The second kappa shape index (κ2) is 8.50. The Balaban J connectivity index is 1.58. The van der Waals surface area contributed by atoms with Crippen LogP contribution >= 0.6 is 0 Å². The molecule has 0 heterocycles. The molecule has 0 radical (unpaired) electrons. The topological polar surface area (TPSA) is 54.9 Å². The molecular weight excluding hydrogens is 324 g/mol. The molecule has 0 aliphatic rings. The maximum absolute atomic E-state index is 12.2. The summed E-state index contributed by atoms with van der Waals surface area (Å²) in [6.45, 7) is 5.08. The smallest absolute Gasteiger partial charge is 0.279 e. The predicted molar refractivity (Wildman–Crippen MR) is 105 cm³/mol. The van der Waals surface area contributed by atoms with Crippen molar-refractivity contribution in [2.24, 2.45) is 0 Å². The quantitative estimate of drug-likeness (QED) is 0.686. The summed E-state index contributed by atoms with van der Waals surface area (Å²) < 4.78 is 5.41. The van der Waals surface area contributed by atoms with Crippen LogP contribution in [0.15, 0.2) is 66.7 Å². The highest BCUT2D eigenvalue weighted by Crippen LogP contribution is 2.22. The fraction of sp³-hybridized carbons (Fsp3) is 0.227. The Labute approximate surface area is 154 Å². The van der Waals surface area contributed by atoms with Gasteiger partial charge in [-0.2, -0.15) is 0 Å². The second-order valence-electron chi connectivity index (χ2n) is 6.30. The zero-order valence-electron chi connectivity index (χ0n) is 15.2. The molecule has 0 saturated heterocycles. The lowest BCUT2D eigenvalue weighted by Gasteiger charge is -2.14. The summed E-state index contributed by atoms with van der Waals surface area (Å²) in [4.78, 5) is 12.2. The molecule has 0 aliphatic carbocycles. The number of ether oxygens (including phenoxy) is 1. The van der Waals surface area contributed by atoms with E-state index in [0.29, 0.717) is 13.2 Å². The van der Waals surface area contributed by atoms with Gasteiger partial charge in [0.15, 0.2) is 6.54 Å². The molecule has 0 saturated carbocycles. The number of benzene rings is 3. The van der Waals surface area contributed by atoms with E-state index in [-0.39, 0.29) is 11.9 Å². The van der Waals surface area contributed by atoms with Crippen LogP contribution in [0.4, 0.5) is 5.69 Å². The minimum absolute atomic E-state index is 0.0127. The van der Waals surface area contributed by atoms with E-state index in [9.17, 15) is 4.79 Å². The fourth-order valence-corrected chi connectivity index (χ4v) is 3.07. The van der Waals surface area contributed by atoms with Crippen LogP contribution in [0.2, 0.25) is 0 Å². The third-order valence-electron chi connectivity index (χ3n) is 4.42. The van der Waals surface area contributed by atoms with Crippen molar-refractivity contribution in [1.82, 2.24) is 0 Å². The van der Waals surface area contributed by atoms with Gasteiger partial charge in [0.25, 0.3) is 5.91 Å². The van der Waals surface area contributed by atoms with Crippen LogP contribution in [0.1, 0.15) is 25.5 Å². The Bertz CT molecular complexity index is 869. The molecule has 3 aromatic carbocycles. The van der Waals surface area contributed by atoms with E-state index >= 15 is 0 Å². The zero-order valence-corrected chi connectivity index (χ0v) is 15.2. The molecule has 0 spiro atoms. The van der Waals surface area contributed by atoms with Gasteiger partial charge in [-0.25, -0.2) is 0 Å². The molecule has 0 aromatic heterocycles. The number of anilines is 1. The molecule has 0 bridgehead atoms. The molecule has 4 heteroatoms. The molecular formula is C22H25N2O2+. The lowest BCUT2D eigenvalue weighted by Crippen LogP contribution is -2.86. The monoisotopic (exact) mass is 349 g/mol. The molecule has 1 amide bonds. The third-order valence-corrected chi connectivity index (χ3v) is 4.42. The van der Waals surface area contributed by atoms with Gasteiger partial charge in [-0.15, -0.1) is 0 Å². The maximum atomic E-state index is 12.2. The van der Waals surface area contributed by atoms with Crippen molar-refractivity contribution >= 4 is 22.4 Å². The first kappa shape index (κ1) is 18.0. The minimum atomic E-state index is -0.0127. The average Bonchev–Trinajstić information content (AvgIpc) is 2.67. The lowest BCUT2D eigenvalue weighted by atomic mass is 10.00. The van der Waals surface area contributed by atoms with Gasteiger partial charge in [-0.3, -0.25) is 4.79 Å². The molecule has 4 nitrogen and oxygen atoms in total. The van der Waals surface area contributed by atoms with Crippen LogP contribution in [-0.4, -0.2) is 19.1 Å². The van der Waals surface area contributed by atoms with Gasteiger partial charge in [0.05, 0.1) is 6.61 Å². The van der Waals surface area contributed by atoms with Crippen LogP contribution in [-0.2, 0) is 4.79 Å². The van der Waals surface area contributed by atoms with Crippen LogP contribution in [0.3, 0.4) is 0 Å². The Morgan fingerprint density at radius 3 is 2.54 bits per heavy atom. The number of nitrogens with one attached hydrogen (secondary N) is 1. The standard InChI is InChI=1S/C22H24N2O2/c1-3-26-19-13-11-18(12-14-19)24-22(25)15-23-16(2)20-10-6-8-17-7-4-5-9-21(17)20/h4-14,16,23H,3,15H2,1-2H3,(H,24,25)/p+1/t16-/m1/s1. The third kappa shape index (κ3) is 4.41. The normalized spacial score (nSPS) is 11.9. The molecule has 3 rings (SSSR count). The van der Waals surface area contributed by atoms with Gasteiger partial charge in [-0.1, -0.05) is 42.5 Å². The van der Waals surface area contributed by atoms with Crippen molar-refractivity contribution in [3.8, 4) is 5.75 Å². The Morgan fingerprint density at radius 2 is 1.77 bits per heavy atom. The largest absolute Gasteiger partial charge is 0.494 e. The van der Waals surface area contributed by atoms with Crippen molar-refractivity contribution in [3.63, 3.8) is 0 Å². The first-order valence-corrected chi connectivity index (χ1v) is 9.01. The van der Waals surface area contributed by atoms with Gasteiger partial charge in [0.2, 0.25) is 0 Å². The highest BCUT2D eigenvalue weighted by atomic mass is 16.5. The number of amides is 1. The van der Waals surface area contributed by atoms with E-state index in [1.54, 1.807) is 0 Å². The summed E-state index contributed by atoms with van der Waals surface area (Å²) in [6, 6.07) is 22.3. The van der Waals surface area contributed by atoms with Gasteiger partial charge < -0.3 is 15.4 Å². The number of carbonyl (C=O) groups excluding carboxylic acids is 1. The maximum Gasteiger partial charge on any atom is 0.279 e. The summed E-state index contributed by atoms with van der Waals surface area (Å²) in [5.41, 5.74) is 2.03. The molecule has 0 fully saturated rings. The van der Waals surface area contributed by atoms with Crippen molar-refractivity contribution in [3.05, 3.63) is 72.3 Å². The van der Waals surface area contributed by atoms with Gasteiger partial charge in [0, 0.05) is 11.3 Å². The number of rotatable bonds is 7. The SMILES string of the molecule is CCOc1ccc(NC(=O)C[NH2+][C@H](C)c2cccc3ccccc23)cc1. The fourth-order valence-electron chi connectivity index (χ4n) is 3.07. The van der Waals surface area contributed by atoms with E-state index < -0.39 is 0 Å². The predicted octanol–water partition coefficient (Wildman–Crippen LogP) is 3.50. The van der Waals surface area contributed by atoms with E-state index in [0.717, 1.165) is 11.4 Å². The summed E-state index contributed by atoms with van der Waals surface area (Å²) >= 11 is 0. The second-order valence-corrected chi connectivity index (χ2v) is 6.30. The Hall–Kier alpha value is -2.85.